The van der Waals surface area contributed by atoms with Gasteiger partial charge in [0, 0.05) is 30.2 Å². The van der Waals surface area contributed by atoms with Crippen molar-refractivity contribution < 1.29 is 9.53 Å². The maximum atomic E-state index is 12.7. The lowest BCUT2D eigenvalue weighted by molar-refractivity contribution is 0.102. The third-order valence-corrected chi connectivity index (χ3v) is 3.99. The zero-order valence-corrected chi connectivity index (χ0v) is 15.9. The molecule has 2 aromatic carbocycles. The van der Waals surface area contributed by atoms with Crippen LogP contribution in [-0.4, -0.2) is 17.0 Å². The van der Waals surface area contributed by atoms with Gasteiger partial charge in [-0.25, -0.2) is 0 Å². The van der Waals surface area contributed by atoms with Crippen LogP contribution in [0.1, 0.15) is 29.8 Å². The minimum atomic E-state index is -0.206. The van der Waals surface area contributed by atoms with E-state index in [1.807, 2.05) is 56.3 Å². The van der Waals surface area contributed by atoms with Gasteiger partial charge in [0.1, 0.15) is 5.75 Å². The molecule has 3 rings (SSSR count). The standard InChI is InChI=1S/C22H23N3O3/c1-15(2)28-18-10-8-17(9-11-18)25-22(27)19-5-3-4-6-20(19)23-13-16-7-12-21(26)24-14-16/h3-12,14-15,23H,13H2,1-2H3,(H,24,26)(H,25,27). The van der Waals surface area contributed by atoms with Crippen LogP contribution in [0.25, 0.3) is 0 Å². The highest BCUT2D eigenvalue weighted by molar-refractivity contribution is 6.08. The zero-order valence-electron chi connectivity index (χ0n) is 15.9. The molecule has 144 valence electrons. The molecule has 6 nitrogen and oxygen atoms in total. The Labute approximate surface area is 163 Å². The summed E-state index contributed by atoms with van der Waals surface area (Å²) in [4.78, 5) is 26.5. The van der Waals surface area contributed by atoms with Crippen LogP contribution in [0.2, 0.25) is 0 Å². The van der Waals surface area contributed by atoms with Crippen LogP contribution in [0, 0.1) is 0 Å². The second-order valence-corrected chi connectivity index (χ2v) is 6.61. The summed E-state index contributed by atoms with van der Waals surface area (Å²) in [6, 6.07) is 17.8. The van der Waals surface area contributed by atoms with Crippen molar-refractivity contribution in [3.05, 3.63) is 88.3 Å². The van der Waals surface area contributed by atoms with Crippen LogP contribution in [0.15, 0.2) is 71.7 Å². The van der Waals surface area contributed by atoms with Crippen molar-refractivity contribution in [2.45, 2.75) is 26.5 Å². The summed E-state index contributed by atoms with van der Waals surface area (Å²) >= 11 is 0. The van der Waals surface area contributed by atoms with Gasteiger partial charge in [0.15, 0.2) is 0 Å². The summed E-state index contributed by atoms with van der Waals surface area (Å²) in [6.45, 7) is 4.42. The number of H-pyrrole nitrogens is 1. The normalized spacial score (nSPS) is 10.5. The Morgan fingerprint density at radius 2 is 1.79 bits per heavy atom. The molecule has 0 aliphatic rings. The van der Waals surface area contributed by atoms with Crippen LogP contribution in [0.3, 0.4) is 0 Å². The molecule has 0 aliphatic carbocycles. The molecular formula is C22H23N3O3. The number of benzene rings is 2. The summed E-state index contributed by atoms with van der Waals surface area (Å²) in [6.07, 6.45) is 1.75. The molecule has 0 saturated heterocycles. The first-order valence-electron chi connectivity index (χ1n) is 9.10. The third-order valence-electron chi connectivity index (χ3n) is 3.99. The van der Waals surface area contributed by atoms with Crippen molar-refractivity contribution in [2.24, 2.45) is 0 Å². The maximum Gasteiger partial charge on any atom is 0.257 e. The second-order valence-electron chi connectivity index (χ2n) is 6.61. The minimum absolute atomic E-state index is 0.0980. The molecular weight excluding hydrogens is 354 g/mol. The quantitative estimate of drug-likeness (QED) is 0.581. The molecule has 3 aromatic rings. The van der Waals surface area contributed by atoms with E-state index in [0.29, 0.717) is 23.5 Å². The predicted molar refractivity (Wildman–Crippen MR) is 111 cm³/mol. The van der Waals surface area contributed by atoms with Gasteiger partial charge in [0.25, 0.3) is 5.91 Å². The number of carbonyl (C=O) groups is 1. The number of carbonyl (C=O) groups excluding carboxylic acids is 1. The van der Waals surface area contributed by atoms with Crippen molar-refractivity contribution in [1.82, 2.24) is 4.98 Å². The Morgan fingerprint density at radius 3 is 2.46 bits per heavy atom. The Kier molecular flexibility index (Phi) is 6.11. The zero-order chi connectivity index (χ0) is 19.9. The lowest BCUT2D eigenvalue weighted by Gasteiger charge is -2.13. The third kappa shape index (κ3) is 5.23. The number of ether oxygens (including phenoxy) is 1. The van der Waals surface area contributed by atoms with E-state index >= 15 is 0 Å². The first kappa shape index (κ1) is 19.2. The highest BCUT2D eigenvalue weighted by Crippen LogP contribution is 2.20. The molecule has 0 radical (unpaired) electrons. The lowest BCUT2D eigenvalue weighted by atomic mass is 10.1. The Balaban J connectivity index is 1.68. The van der Waals surface area contributed by atoms with Gasteiger partial charge in [-0.15, -0.1) is 0 Å². The maximum absolute atomic E-state index is 12.7. The Hall–Kier alpha value is -3.54. The fourth-order valence-electron chi connectivity index (χ4n) is 2.67. The van der Waals surface area contributed by atoms with Crippen molar-refractivity contribution in [2.75, 3.05) is 10.6 Å². The topological polar surface area (TPSA) is 83.2 Å². The first-order valence-corrected chi connectivity index (χ1v) is 9.10. The number of pyridine rings is 1. The molecule has 0 unspecified atom stereocenters. The number of aromatic amines is 1. The van der Waals surface area contributed by atoms with E-state index in [0.717, 1.165) is 11.3 Å². The number of rotatable bonds is 7. The molecule has 0 saturated carbocycles. The molecule has 0 fully saturated rings. The largest absolute Gasteiger partial charge is 0.491 e. The van der Waals surface area contributed by atoms with Crippen molar-refractivity contribution in [1.29, 1.82) is 0 Å². The number of para-hydroxylation sites is 1. The van der Waals surface area contributed by atoms with E-state index < -0.39 is 0 Å². The highest BCUT2D eigenvalue weighted by Gasteiger charge is 2.11. The SMILES string of the molecule is CC(C)Oc1ccc(NC(=O)c2ccccc2NCc2ccc(=O)[nH]c2)cc1. The monoisotopic (exact) mass is 377 g/mol. The fraction of sp³-hybridized carbons (Fsp3) is 0.182. The number of hydrogen-bond donors (Lipinski definition) is 3. The molecule has 1 amide bonds. The average Bonchev–Trinajstić information content (AvgIpc) is 2.69. The number of nitrogens with one attached hydrogen (secondary N) is 3. The van der Waals surface area contributed by atoms with Gasteiger partial charge in [0.05, 0.1) is 11.7 Å². The molecule has 0 bridgehead atoms. The van der Waals surface area contributed by atoms with Gasteiger partial charge in [-0.2, -0.15) is 0 Å². The summed E-state index contributed by atoms with van der Waals surface area (Å²) < 4.78 is 5.61. The van der Waals surface area contributed by atoms with Gasteiger partial charge in [-0.1, -0.05) is 18.2 Å². The summed E-state index contributed by atoms with van der Waals surface area (Å²) in [5.41, 5.74) is 2.71. The Morgan fingerprint density at radius 1 is 1.04 bits per heavy atom. The molecule has 3 N–H and O–H groups in total. The number of anilines is 2. The average molecular weight is 377 g/mol. The summed E-state index contributed by atoms with van der Waals surface area (Å²) in [5.74, 6) is 0.554. The van der Waals surface area contributed by atoms with Crippen molar-refractivity contribution in [3.8, 4) is 5.75 Å². The van der Waals surface area contributed by atoms with E-state index in [1.165, 1.54) is 6.07 Å². The fourth-order valence-corrected chi connectivity index (χ4v) is 2.67. The van der Waals surface area contributed by atoms with E-state index in [9.17, 15) is 9.59 Å². The molecule has 1 aromatic heterocycles. The summed E-state index contributed by atoms with van der Waals surface area (Å²) in [5, 5.41) is 6.15. The van der Waals surface area contributed by atoms with Crippen LogP contribution in [0.4, 0.5) is 11.4 Å². The first-order chi connectivity index (χ1) is 13.5. The summed E-state index contributed by atoms with van der Waals surface area (Å²) in [7, 11) is 0. The van der Waals surface area contributed by atoms with Crippen LogP contribution in [0.5, 0.6) is 5.75 Å². The van der Waals surface area contributed by atoms with E-state index in [-0.39, 0.29) is 17.6 Å². The van der Waals surface area contributed by atoms with Gasteiger partial charge in [-0.3, -0.25) is 9.59 Å². The smallest absolute Gasteiger partial charge is 0.257 e. The van der Waals surface area contributed by atoms with E-state index in [1.54, 1.807) is 18.3 Å². The molecule has 28 heavy (non-hydrogen) atoms. The van der Waals surface area contributed by atoms with E-state index in [2.05, 4.69) is 15.6 Å². The van der Waals surface area contributed by atoms with Gasteiger partial charge < -0.3 is 20.4 Å². The molecule has 0 spiro atoms. The lowest BCUT2D eigenvalue weighted by Crippen LogP contribution is -2.15. The number of hydrogen-bond acceptors (Lipinski definition) is 4. The van der Waals surface area contributed by atoms with Crippen LogP contribution in [-0.2, 0) is 6.54 Å². The van der Waals surface area contributed by atoms with E-state index in [4.69, 9.17) is 4.74 Å². The Bertz CT molecular complexity index is 974. The van der Waals surface area contributed by atoms with Gasteiger partial charge in [-0.05, 0) is 55.8 Å². The molecule has 1 heterocycles. The molecule has 0 aliphatic heterocycles. The minimum Gasteiger partial charge on any atom is -0.491 e. The molecule has 0 atom stereocenters. The molecule has 6 heteroatoms. The van der Waals surface area contributed by atoms with Gasteiger partial charge >= 0.3 is 0 Å². The van der Waals surface area contributed by atoms with Crippen LogP contribution < -0.4 is 20.9 Å². The van der Waals surface area contributed by atoms with Crippen LogP contribution >= 0.6 is 0 Å². The van der Waals surface area contributed by atoms with Crippen molar-refractivity contribution in [3.63, 3.8) is 0 Å². The number of aromatic nitrogens is 1. The number of amides is 1. The van der Waals surface area contributed by atoms with Crippen molar-refractivity contribution >= 4 is 17.3 Å². The second kappa shape index (κ2) is 8.90. The predicted octanol–water partition coefficient (Wildman–Crippen LogP) is 4.03. The highest BCUT2D eigenvalue weighted by atomic mass is 16.5. The van der Waals surface area contributed by atoms with Gasteiger partial charge in [0.2, 0.25) is 5.56 Å².